The summed E-state index contributed by atoms with van der Waals surface area (Å²) in [5.74, 6) is 0. The van der Waals surface area contributed by atoms with Gasteiger partial charge in [0.25, 0.3) is 0 Å². The second-order valence-corrected chi connectivity index (χ2v) is 2.56. The van der Waals surface area contributed by atoms with Gasteiger partial charge in [-0.1, -0.05) is 0 Å². The molecular formula is C8H19N3O. The molecule has 0 heterocycles. The van der Waals surface area contributed by atoms with Gasteiger partial charge in [-0.15, -0.1) is 0 Å². The first-order valence-electron chi connectivity index (χ1n) is 4.41. The lowest BCUT2D eigenvalue weighted by Gasteiger charge is -2.04. The molecule has 0 aromatic carbocycles. The Morgan fingerprint density at radius 2 is 1.58 bits per heavy atom. The van der Waals surface area contributed by atoms with Crippen LogP contribution >= 0.6 is 0 Å². The molecule has 0 aliphatic heterocycles. The predicted molar refractivity (Wildman–Crippen MR) is 50.3 cm³/mol. The molecule has 4 heteroatoms. The van der Waals surface area contributed by atoms with Gasteiger partial charge in [-0.05, 0) is 7.05 Å². The van der Waals surface area contributed by atoms with Crippen molar-refractivity contribution in [3.63, 3.8) is 0 Å². The van der Waals surface area contributed by atoms with Gasteiger partial charge in [-0.3, -0.25) is 0 Å². The molecule has 0 aromatic heterocycles. The van der Waals surface area contributed by atoms with Crippen molar-refractivity contribution in [1.29, 1.82) is 0 Å². The first-order valence-corrected chi connectivity index (χ1v) is 4.41. The summed E-state index contributed by atoms with van der Waals surface area (Å²) in [6, 6.07) is 0. The van der Waals surface area contributed by atoms with Crippen molar-refractivity contribution in [2.75, 3.05) is 39.8 Å². The fourth-order valence-electron chi connectivity index (χ4n) is 0.801. The summed E-state index contributed by atoms with van der Waals surface area (Å²) in [5.41, 5.74) is 0. The van der Waals surface area contributed by atoms with Crippen LogP contribution in [0, 0.1) is 0 Å². The molecule has 3 N–H and O–H groups in total. The highest BCUT2D eigenvalue weighted by Gasteiger charge is 1.86. The Morgan fingerprint density at radius 1 is 1.00 bits per heavy atom. The molecule has 0 aliphatic rings. The molecule has 4 nitrogen and oxygen atoms in total. The minimum absolute atomic E-state index is 0.608. The van der Waals surface area contributed by atoms with E-state index in [0.29, 0.717) is 6.42 Å². The molecule has 0 saturated heterocycles. The molecule has 0 unspecified atom stereocenters. The Labute approximate surface area is 74.1 Å². The van der Waals surface area contributed by atoms with E-state index in [1.807, 2.05) is 7.05 Å². The standard InChI is InChI=1S/C8H19N3O/c1-9-4-5-11-7-6-10-3-2-8-12/h8-11H,2-7H2,1H3. The first-order chi connectivity index (χ1) is 5.91. The van der Waals surface area contributed by atoms with Crippen LogP contribution in [0.25, 0.3) is 0 Å². The lowest BCUT2D eigenvalue weighted by Crippen LogP contribution is -2.32. The number of carbonyl (C=O) groups is 1. The van der Waals surface area contributed by atoms with Gasteiger partial charge in [0.2, 0.25) is 0 Å². The maximum Gasteiger partial charge on any atom is 0.121 e. The van der Waals surface area contributed by atoms with Gasteiger partial charge in [-0.25, -0.2) is 0 Å². The average Bonchev–Trinajstić information content (AvgIpc) is 2.10. The van der Waals surface area contributed by atoms with E-state index in [2.05, 4.69) is 16.0 Å². The summed E-state index contributed by atoms with van der Waals surface area (Å²) in [4.78, 5) is 9.92. The smallest absolute Gasteiger partial charge is 0.121 e. The third-order valence-electron chi connectivity index (χ3n) is 1.47. The van der Waals surface area contributed by atoms with E-state index < -0.39 is 0 Å². The highest BCUT2D eigenvalue weighted by atomic mass is 16.1. The average molecular weight is 173 g/mol. The SMILES string of the molecule is CNCCNCCNCCC=O. The molecule has 0 bridgehead atoms. The van der Waals surface area contributed by atoms with Crippen molar-refractivity contribution < 1.29 is 4.79 Å². The van der Waals surface area contributed by atoms with Crippen LogP contribution in [0.1, 0.15) is 6.42 Å². The number of likely N-dealkylation sites (N-methyl/N-ethyl adjacent to an activating group) is 1. The molecule has 12 heavy (non-hydrogen) atoms. The number of nitrogens with one attached hydrogen (secondary N) is 3. The molecule has 0 radical (unpaired) electrons. The van der Waals surface area contributed by atoms with Crippen LogP contribution in [0.3, 0.4) is 0 Å². The van der Waals surface area contributed by atoms with Crippen molar-refractivity contribution in [3.8, 4) is 0 Å². The zero-order chi connectivity index (χ0) is 9.07. The lowest BCUT2D eigenvalue weighted by molar-refractivity contribution is -0.107. The predicted octanol–water partition coefficient (Wildman–Crippen LogP) is -1.03. The molecule has 0 spiro atoms. The third-order valence-corrected chi connectivity index (χ3v) is 1.47. The van der Waals surface area contributed by atoms with Crippen LogP contribution in [0.2, 0.25) is 0 Å². The fraction of sp³-hybridized carbons (Fsp3) is 0.875. The quantitative estimate of drug-likeness (QED) is 0.308. The summed E-state index contributed by atoms with van der Waals surface area (Å²) in [6.07, 6.45) is 1.54. The van der Waals surface area contributed by atoms with Gasteiger partial charge in [0.1, 0.15) is 6.29 Å². The van der Waals surface area contributed by atoms with Crippen molar-refractivity contribution >= 4 is 6.29 Å². The van der Waals surface area contributed by atoms with Crippen LogP contribution in [-0.2, 0) is 4.79 Å². The lowest BCUT2D eigenvalue weighted by atomic mass is 10.4. The molecule has 0 atom stereocenters. The Morgan fingerprint density at radius 3 is 2.17 bits per heavy atom. The molecule has 0 fully saturated rings. The van der Waals surface area contributed by atoms with E-state index in [9.17, 15) is 4.79 Å². The zero-order valence-corrected chi connectivity index (χ0v) is 7.73. The number of aldehydes is 1. The Kier molecular flexibility index (Phi) is 10.2. The Bertz CT molecular complexity index is 98.3. The van der Waals surface area contributed by atoms with Gasteiger partial charge in [0.15, 0.2) is 0 Å². The van der Waals surface area contributed by atoms with Gasteiger partial charge in [0.05, 0.1) is 0 Å². The fourth-order valence-corrected chi connectivity index (χ4v) is 0.801. The van der Waals surface area contributed by atoms with E-state index in [4.69, 9.17) is 0 Å². The molecule has 0 aliphatic carbocycles. The van der Waals surface area contributed by atoms with Crippen molar-refractivity contribution in [3.05, 3.63) is 0 Å². The topological polar surface area (TPSA) is 53.2 Å². The van der Waals surface area contributed by atoms with Crippen molar-refractivity contribution in [2.24, 2.45) is 0 Å². The number of hydrogen-bond donors (Lipinski definition) is 3. The molecule has 0 saturated carbocycles. The maximum absolute atomic E-state index is 9.92. The summed E-state index contributed by atoms with van der Waals surface area (Å²) in [7, 11) is 1.93. The van der Waals surface area contributed by atoms with Crippen LogP contribution in [0.15, 0.2) is 0 Å². The molecular weight excluding hydrogens is 154 g/mol. The Hall–Kier alpha value is -0.450. The van der Waals surface area contributed by atoms with Crippen molar-refractivity contribution in [2.45, 2.75) is 6.42 Å². The second-order valence-electron chi connectivity index (χ2n) is 2.56. The highest BCUT2D eigenvalue weighted by Crippen LogP contribution is 1.66. The van der Waals surface area contributed by atoms with E-state index in [-0.39, 0.29) is 0 Å². The van der Waals surface area contributed by atoms with E-state index in [1.165, 1.54) is 0 Å². The maximum atomic E-state index is 9.92. The minimum atomic E-state index is 0.608. The second kappa shape index (κ2) is 10.6. The summed E-state index contributed by atoms with van der Waals surface area (Å²) < 4.78 is 0. The summed E-state index contributed by atoms with van der Waals surface area (Å²) in [6.45, 7) is 4.66. The highest BCUT2D eigenvalue weighted by molar-refractivity contribution is 5.49. The minimum Gasteiger partial charge on any atom is -0.318 e. The summed E-state index contributed by atoms with van der Waals surface area (Å²) in [5, 5.41) is 9.45. The van der Waals surface area contributed by atoms with Gasteiger partial charge < -0.3 is 20.7 Å². The Balaban J connectivity index is 2.77. The third kappa shape index (κ3) is 9.55. The van der Waals surface area contributed by atoms with Crippen molar-refractivity contribution in [1.82, 2.24) is 16.0 Å². The van der Waals surface area contributed by atoms with Crippen LogP contribution in [-0.4, -0.2) is 46.1 Å². The van der Waals surface area contributed by atoms with Gasteiger partial charge in [0, 0.05) is 39.1 Å². The normalized spacial score (nSPS) is 10.1. The molecule has 72 valence electrons. The summed E-state index contributed by atoms with van der Waals surface area (Å²) >= 11 is 0. The number of rotatable bonds is 9. The van der Waals surface area contributed by atoms with E-state index in [1.54, 1.807) is 0 Å². The molecule has 0 amide bonds. The van der Waals surface area contributed by atoms with Gasteiger partial charge >= 0.3 is 0 Å². The molecule has 0 aromatic rings. The largest absolute Gasteiger partial charge is 0.318 e. The van der Waals surface area contributed by atoms with Gasteiger partial charge in [-0.2, -0.15) is 0 Å². The molecule has 0 rings (SSSR count). The van der Waals surface area contributed by atoms with E-state index >= 15 is 0 Å². The van der Waals surface area contributed by atoms with Crippen LogP contribution in [0.5, 0.6) is 0 Å². The first kappa shape index (κ1) is 11.6. The van der Waals surface area contributed by atoms with E-state index in [0.717, 1.165) is 39.0 Å². The zero-order valence-electron chi connectivity index (χ0n) is 7.73. The number of carbonyl (C=O) groups excluding carboxylic acids is 1. The number of hydrogen-bond acceptors (Lipinski definition) is 4. The van der Waals surface area contributed by atoms with Crippen LogP contribution < -0.4 is 16.0 Å². The van der Waals surface area contributed by atoms with Crippen LogP contribution in [0.4, 0.5) is 0 Å². The monoisotopic (exact) mass is 173 g/mol.